The molecule has 0 saturated carbocycles. The van der Waals surface area contributed by atoms with Crippen LogP contribution in [-0.4, -0.2) is 43.4 Å². The zero-order chi connectivity index (χ0) is 25.0. The first-order valence-electron chi connectivity index (χ1n) is 11.2. The maximum Gasteiger partial charge on any atom is 0.243 e. The van der Waals surface area contributed by atoms with Gasteiger partial charge in [-0.25, -0.2) is 8.42 Å². The average Bonchev–Trinajstić information content (AvgIpc) is 3.47. The molecule has 35 heavy (non-hydrogen) atoms. The summed E-state index contributed by atoms with van der Waals surface area (Å²) in [7, 11) is -3.87. The first kappa shape index (κ1) is 25.5. The van der Waals surface area contributed by atoms with Crippen LogP contribution in [0.1, 0.15) is 29.3 Å². The number of aryl methyl sites for hydroxylation is 1. The molecule has 0 fully saturated rings. The molecule has 1 aromatic heterocycles. The van der Waals surface area contributed by atoms with Crippen LogP contribution in [0.2, 0.25) is 5.02 Å². The van der Waals surface area contributed by atoms with Crippen molar-refractivity contribution in [1.29, 1.82) is 0 Å². The number of sulfonamides is 1. The predicted molar refractivity (Wildman–Crippen MR) is 136 cm³/mol. The van der Waals surface area contributed by atoms with E-state index in [0.29, 0.717) is 36.0 Å². The van der Waals surface area contributed by atoms with E-state index in [1.807, 2.05) is 43.5 Å². The summed E-state index contributed by atoms with van der Waals surface area (Å²) in [5.41, 5.74) is 1.97. The Morgan fingerprint density at radius 1 is 1.06 bits per heavy atom. The SMILES string of the molecule is CCCN(CC(=O)N(Cc1ccc2c(c1)OCO2)Cc1sccc1C)S(=O)(=O)c1ccc(Cl)cc1. The van der Waals surface area contributed by atoms with Crippen LogP contribution >= 0.6 is 22.9 Å². The molecule has 0 spiro atoms. The predicted octanol–water partition coefficient (Wildman–Crippen LogP) is 5.07. The van der Waals surface area contributed by atoms with E-state index in [1.54, 1.807) is 16.2 Å². The van der Waals surface area contributed by atoms with Crippen LogP contribution < -0.4 is 9.47 Å². The lowest BCUT2D eigenvalue weighted by atomic mass is 10.1. The van der Waals surface area contributed by atoms with Gasteiger partial charge in [0.15, 0.2) is 11.5 Å². The van der Waals surface area contributed by atoms with Crippen molar-refractivity contribution in [1.82, 2.24) is 9.21 Å². The van der Waals surface area contributed by atoms with Gasteiger partial charge in [0.05, 0.1) is 18.0 Å². The summed E-state index contributed by atoms with van der Waals surface area (Å²) in [6, 6.07) is 13.6. The summed E-state index contributed by atoms with van der Waals surface area (Å²) in [5.74, 6) is 1.03. The highest BCUT2D eigenvalue weighted by Crippen LogP contribution is 2.33. The van der Waals surface area contributed by atoms with E-state index in [9.17, 15) is 13.2 Å². The second-order valence-corrected chi connectivity index (χ2v) is 11.6. The first-order valence-corrected chi connectivity index (χ1v) is 13.9. The smallest absolute Gasteiger partial charge is 0.243 e. The minimum Gasteiger partial charge on any atom is -0.454 e. The Bertz CT molecular complexity index is 1290. The number of carbonyl (C=O) groups excluding carboxylic acids is 1. The number of hydrogen-bond acceptors (Lipinski definition) is 6. The lowest BCUT2D eigenvalue weighted by Gasteiger charge is -2.27. The van der Waals surface area contributed by atoms with Crippen molar-refractivity contribution in [2.45, 2.75) is 38.3 Å². The highest BCUT2D eigenvalue weighted by Gasteiger charge is 2.28. The lowest BCUT2D eigenvalue weighted by molar-refractivity contribution is -0.132. The van der Waals surface area contributed by atoms with Crippen molar-refractivity contribution in [2.24, 2.45) is 0 Å². The summed E-state index contributed by atoms with van der Waals surface area (Å²) in [6.07, 6.45) is 0.576. The fourth-order valence-electron chi connectivity index (χ4n) is 3.77. The molecule has 2 heterocycles. The fraction of sp³-hybridized carbons (Fsp3) is 0.320. The van der Waals surface area contributed by atoms with Crippen molar-refractivity contribution in [3.05, 3.63) is 74.9 Å². The fourth-order valence-corrected chi connectivity index (χ4v) is 6.30. The number of nitrogens with zero attached hydrogens (tertiary/aromatic N) is 2. The molecule has 10 heteroatoms. The van der Waals surface area contributed by atoms with Gasteiger partial charge in [-0.2, -0.15) is 4.31 Å². The molecule has 1 amide bonds. The van der Waals surface area contributed by atoms with E-state index in [4.69, 9.17) is 21.1 Å². The van der Waals surface area contributed by atoms with Gasteiger partial charge in [0, 0.05) is 23.0 Å². The Kier molecular flexibility index (Phi) is 8.01. The van der Waals surface area contributed by atoms with Gasteiger partial charge in [-0.05, 0) is 72.3 Å². The molecular formula is C25H27ClN2O5S2. The molecule has 0 atom stereocenters. The Morgan fingerprint density at radius 3 is 2.49 bits per heavy atom. The van der Waals surface area contributed by atoms with E-state index in [-0.39, 0.29) is 30.7 Å². The monoisotopic (exact) mass is 534 g/mol. The van der Waals surface area contributed by atoms with Crippen LogP contribution in [0.25, 0.3) is 0 Å². The molecule has 4 rings (SSSR count). The van der Waals surface area contributed by atoms with Crippen molar-refractivity contribution >= 4 is 38.9 Å². The standard InChI is InChI=1S/C25H27ClN2O5S2/c1-3-11-28(35(30,31)21-7-5-20(26)6-8-21)16-25(29)27(15-24-18(2)10-12-34-24)14-19-4-9-22-23(13-19)33-17-32-22/h4-10,12-13H,3,11,14-17H2,1-2H3. The second kappa shape index (κ2) is 11.0. The number of benzene rings is 2. The van der Waals surface area contributed by atoms with Gasteiger partial charge in [-0.3, -0.25) is 4.79 Å². The lowest BCUT2D eigenvalue weighted by Crippen LogP contribution is -2.42. The summed E-state index contributed by atoms with van der Waals surface area (Å²) in [4.78, 5) is 16.4. The largest absolute Gasteiger partial charge is 0.454 e. The number of amides is 1. The second-order valence-electron chi connectivity index (χ2n) is 8.26. The van der Waals surface area contributed by atoms with E-state index in [2.05, 4.69) is 0 Å². The van der Waals surface area contributed by atoms with Crippen LogP contribution in [0.3, 0.4) is 0 Å². The summed E-state index contributed by atoms with van der Waals surface area (Å²) < 4.78 is 38.8. The van der Waals surface area contributed by atoms with E-state index >= 15 is 0 Å². The van der Waals surface area contributed by atoms with Crippen LogP contribution in [0.5, 0.6) is 11.5 Å². The van der Waals surface area contributed by atoms with Gasteiger partial charge in [-0.1, -0.05) is 24.6 Å². The zero-order valence-corrected chi connectivity index (χ0v) is 22.0. The van der Waals surface area contributed by atoms with E-state index < -0.39 is 10.0 Å². The van der Waals surface area contributed by atoms with Crippen molar-refractivity contribution in [2.75, 3.05) is 19.9 Å². The molecule has 1 aliphatic heterocycles. The number of thiophene rings is 1. The molecule has 0 radical (unpaired) electrons. The molecular weight excluding hydrogens is 508 g/mol. The van der Waals surface area contributed by atoms with E-state index in [1.165, 1.54) is 28.6 Å². The Hall–Kier alpha value is -2.59. The third-order valence-corrected chi connectivity index (χ3v) is 8.82. The van der Waals surface area contributed by atoms with Crippen molar-refractivity contribution < 1.29 is 22.7 Å². The van der Waals surface area contributed by atoms with Gasteiger partial charge in [0.25, 0.3) is 0 Å². The highest BCUT2D eigenvalue weighted by atomic mass is 35.5. The normalized spacial score (nSPS) is 12.8. The van der Waals surface area contributed by atoms with Gasteiger partial charge in [0.2, 0.25) is 22.7 Å². The first-order chi connectivity index (χ1) is 16.8. The maximum absolute atomic E-state index is 13.6. The van der Waals surface area contributed by atoms with Crippen LogP contribution in [0.4, 0.5) is 0 Å². The van der Waals surface area contributed by atoms with Crippen LogP contribution in [0, 0.1) is 6.92 Å². The van der Waals surface area contributed by atoms with Gasteiger partial charge in [-0.15, -0.1) is 11.3 Å². The summed E-state index contributed by atoms with van der Waals surface area (Å²) in [6.45, 7) is 4.73. The van der Waals surface area contributed by atoms with Crippen LogP contribution in [0.15, 0.2) is 58.8 Å². The van der Waals surface area contributed by atoms with Gasteiger partial charge < -0.3 is 14.4 Å². The number of rotatable bonds is 10. The Labute approximate surface area is 214 Å². The average molecular weight is 535 g/mol. The number of halogens is 1. The van der Waals surface area contributed by atoms with Crippen LogP contribution in [-0.2, 0) is 27.9 Å². The topological polar surface area (TPSA) is 76.2 Å². The maximum atomic E-state index is 13.6. The molecule has 186 valence electrons. The van der Waals surface area contributed by atoms with Gasteiger partial charge >= 0.3 is 0 Å². The highest BCUT2D eigenvalue weighted by molar-refractivity contribution is 7.89. The number of ether oxygens (including phenoxy) is 2. The molecule has 0 unspecified atom stereocenters. The minimum absolute atomic E-state index is 0.111. The molecule has 7 nitrogen and oxygen atoms in total. The third kappa shape index (κ3) is 5.98. The molecule has 0 saturated heterocycles. The Morgan fingerprint density at radius 2 is 1.80 bits per heavy atom. The van der Waals surface area contributed by atoms with Crippen molar-refractivity contribution in [3.8, 4) is 11.5 Å². The number of fused-ring (bicyclic) bond motifs is 1. The van der Waals surface area contributed by atoms with Gasteiger partial charge in [0.1, 0.15) is 0 Å². The molecule has 0 aliphatic carbocycles. The molecule has 0 bridgehead atoms. The third-order valence-electron chi connectivity index (χ3n) is 5.70. The minimum atomic E-state index is -3.87. The van der Waals surface area contributed by atoms with Crippen molar-refractivity contribution in [3.63, 3.8) is 0 Å². The molecule has 0 N–H and O–H groups in total. The molecule has 1 aliphatic rings. The number of carbonyl (C=O) groups is 1. The Balaban J connectivity index is 1.59. The quantitative estimate of drug-likeness (QED) is 0.363. The number of hydrogen-bond donors (Lipinski definition) is 0. The summed E-state index contributed by atoms with van der Waals surface area (Å²) in [5, 5.41) is 2.44. The zero-order valence-electron chi connectivity index (χ0n) is 19.6. The molecule has 2 aromatic carbocycles. The van der Waals surface area contributed by atoms with E-state index in [0.717, 1.165) is 16.0 Å². The summed E-state index contributed by atoms with van der Waals surface area (Å²) >= 11 is 7.51. The molecule has 3 aromatic rings.